The van der Waals surface area contributed by atoms with E-state index in [1.165, 1.54) is 23.4 Å². The Hall–Kier alpha value is -2.04. The molecule has 0 aromatic heterocycles. The molecule has 4 nitrogen and oxygen atoms in total. The molecule has 2 atom stereocenters. The van der Waals surface area contributed by atoms with E-state index in [4.69, 9.17) is 0 Å². The number of hydrogen-bond acceptors (Lipinski definition) is 4. The van der Waals surface area contributed by atoms with E-state index in [0.717, 1.165) is 39.0 Å². The number of hydrogen-bond donors (Lipinski definition) is 2. The molecular weight excluding hydrogens is 334 g/mol. The topological polar surface area (TPSA) is 38.7 Å². The maximum absolute atomic E-state index is 9.80. The van der Waals surface area contributed by atoms with Crippen molar-refractivity contribution in [2.24, 2.45) is 0 Å². The summed E-state index contributed by atoms with van der Waals surface area (Å²) >= 11 is 0. The average molecular weight is 366 g/mol. The summed E-state index contributed by atoms with van der Waals surface area (Å²) in [5, 5.41) is 13.6. The Morgan fingerprint density at radius 1 is 1.00 bits per heavy atom. The van der Waals surface area contributed by atoms with Gasteiger partial charge in [-0.3, -0.25) is 4.90 Å². The second-order valence-electron chi connectivity index (χ2n) is 8.08. The minimum Gasteiger partial charge on any atom is -0.393 e. The third kappa shape index (κ3) is 4.45. The molecule has 0 saturated carbocycles. The average Bonchev–Trinajstić information content (AvgIpc) is 3.03. The SMILES string of the molecule is C[C@H]1C[C@H](Nc2ccccc2N2CCC(O)CC2)CN1Cc1ccccc1. The van der Waals surface area contributed by atoms with Crippen molar-refractivity contribution < 1.29 is 5.11 Å². The summed E-state index contributed by atoms with van der Waals surface area (Å²) in [4.78, 5) is 4.99. The lowest BCUT2D eigenvalue weighted by Gasteiger charge is -2.33. The van der Waals surface area contributed by atoms with Crippen LogP contribution in [0.2, 0.25) is 0 Å². The number of nitrogens with one attached hydrogen (secondary N) is 1. The number of likely N-dealkylation sites (tertiary alicyclic amines) is 1. The monoisotopic (exact) mass is 365 g/mol. The smallest absolute Gasteiger partial charge is 0.0602 e. The normalized spacial score (nSPS) is 24.3. The number of aliphatic hydroxyl groups is 1. The van der Waals surface area contributed by atoms with Crippen LogP contribution >= 0.6 is 0 Å². The van der Waals surface area contributed by atoms with Crippen LogP contribution < -0.4 is 10.2 Å². The second kappa shape index (κ2) is 8.32. The molecule has 4 heteroatoms. The van der Waals surface area contributed by atoms with E-state index < -0.39 is 0 Å². The van der Waals surface area contributed by atoms with Crippen LogP contribution in [0.15, 0.2) is 54.6 Å². The summed E-state index contributed by atoms with van der Waals surface area (Å²) in [6.07, 6.45) is 2.75. The van der Waals surface area contributed by atoms with Gasteiger partial charge in [-0.25, -0.2) is 0 Å². The Kier molecular flexibility index (Phi) is 5.65. The van der Waals surface area contributed by atoms with Gasteiger partial charge in [0.15, 0.2) is 0 Å². The zero-order valence-corrected chi connectivity index (χ0v) is 16.2. The molecular formula is C23H31N3O. The molecule has 0 bridgehead atoms. The van der Waals surface area contributed by atoms with Crippen molar-refractivity contribution in [3.63, 3.8) is 0 Å². The van der Waals surface area contributed by atoms with Crippen LogP contribution in [-0.2, 0) is 6.54 Å². The van der Waals surface area contributed by atoms with E-state index in [1.54, 1.807) is 0 Å². The third-order valence-electron chi connectivity index (χ3n) is 6.00. The zero-order chi connectivity index (χ0) is 18.6. The van der Waals surface area contributed by atoms with Gasteiger partial charge in [-0.2, -0.15) is 0 Å². The molecule has 2 N–H and O–H groups in total. The highest BCUT2D eigenvalue weighted by Gasteiger charge is 2.29. The van der Waals surface area contributed by atoms with Crippen molar-refractivity contribution in [3.8, 4) is 0 Å². The molecule has 144 valence electrons. The molecule has 0 spiro atoms. The minimum atomic E-state index is -0.136. The Morgan fingerprint density at radius 2 is 1.70 bits per heavy atom. The van der Waals surface area contributed by atoms with Gasteiger partial charge >= 0.3 is 0 Å². The molecule has 2 heterocycles. The molecule has 2 aromatic carbocycles. The number of rotatable bonds is 5. The van der Waals surface area contributed by atoms with Crippen molar-refractivity contribution in [2.75, 3.05) is 29.9 Å². The number of anilines is 2. The van der Waals surface area contributed by atoms with E-state index in [9.17, 15) is 5.11 Å². The predicted molar refractivity (Wildman–Crippen MR) is 112 cm³/mol. The van der Waals surface area contributed by atoms with Crippen molar-refractivity contribution in [1.82, 2.24) is 4.90 Å². The molecule has 2 fully saturated rings. The quantitative estimate of drug-likeness (QED) is 0.847. The van der Waals surface area contributed by atoms with Crippen LogP contribution in [0.4, 0.5) is 11.4 Å². The van der Waals surface area contributed by atoms with Gasteiger partial charge in [-0.1, -0.05) is 42.5 Å². The Bertz CT molecular complexity index is 727. The van der Waals surface area contributed by atoms with E-state index >= 15 is 0 Å². The number of aliphatic hydroxyl groups excluding tert-OH is 1. The summed E-state index contributed by atoms with van der Waals surface area (Å²) in [6.45, 7) is 6.29. The Morgan fingerprint density at radius 3 is 2.48 bits per heavy atom. The fourth-order valence-corrected chi connectivity index (χ4v) is 4.44. The van der Waals surface area contributed by atoms with Crippen LogP contribution in [0.25, 0.3) is 0 Å². The maximum Gasteiger partial charge on any atom is 0.0602 e. The highest BCUT2D eigenvalue weighted by Crippen LogP contribution is 2.31. The van der Waals surface area contributed by atoms with Gasteiger partial charge in [0.25, 0.3) is 0 Å². The van der Waals surface area contributed by atoms with Crippen molar-refractivity contribution in [1.29, 1.82) is 0 Å². The summed E-state index contributed by atoms with van der Waals surface area (Å²) in [7, 11) is 0. The van der Waals surface area contributed by atoms with Crippen molar-refractivity contribution in [2.45, 2.75) is 50.9 Å². The Labute approximate surface area is 162 Å². The fourth-order valence-electron chi connectivity index (χ4n) is 4.44. The molecule has 2 saturated heterocycles. The lowest BCUT2D eigenvalue weighted by Crippen LogP contribution is -2.36. The second-order valence-corrected chi connectivity index (χ2v) is 8.08. The number of piperidine rings is 1. The van der Waals surface area contributed by atoms with Crippen LogP contribution in [-0.4, -0.2) is 47.8 Å². The molecule has 4 rings (SSSR count). The molecule has 27 heavy (non-hydrogen) atoms. The first-order chi connectivity index (χ1) is 13.2. The van der Waals surface area contributed by atoms with Crippen LogP contribution in [0, 0.1) is 0 Å². The van der Waals surface area contributed by atoms with Gasteiger partial charge < -0.3 is 15.3 Å². The summed E-state index contributed by atoms with van der Waals surface area (Å²) in [6, 6.07) is 20.5. The third-order valence-corrected chi connectivity index (χ3v) is 6.00. The van der Waals surface area contributed by atoms with Gasteiger partial charge in [0, 0.05) is 38.3 Å². The molecule has 0 unspecified atom stereocenters. The zero-order valence-electron chi connectivity index (χ0n) is 16.2. The highest BCUT2D eigenvalue weighted by atomic mass is 16.3. The first kappa shape index (κ1) is 18.3. The van der Waals surface area contributed by atoms with E-state index in [-0.39, 0.29) is 6.10 Å². The van der Waals surface area contributed by atoms with Gasteiger partial charge in [0.1, 0.15) is 0 Å². The number of benzene rings is 2. The van der Waals surface area contributed by atoms with Gasteiger partial charge in [-0.05, 0) is 43.9 Å². The summed E-state index contributed by atoms with van der Waals surface area (Å²) in [5.74, 6) is 0. The summed E-state index contributed by atoms with van der Waals surface area (Å²) < 4.78 is 0. The molecule has 2 aliphatic rings. The van der Waals surface area contributed by atoms with Crippen LogP contribution in [0.1, 0.15) is 31.7 Å². The molecule has 0 radical (unpaired) electrons. The van der Waals surface area contributed by atoms with Crippen molar-refractivity contribution in [3.05, 3.63) is 60.2 Å². The van der Waals surface area contributed by atoms with Gasteiger partial charge in [0.2, 0.25) is 0 Å². The molecule has 2 aromatic rings. The standard InChI is InChI=1S/C23H31N3O/c1-18-15-20(17-26(18)16-19-7-3-2-4-8-19)24-22-9-5-6-10-23(22)25-13-11-21(27)12-14-25/h2-10,18,20-21,24,27H,11-17H2,1H3/t18-,20-/m0/s1. The lowest BCUT2D eigenvalue weighted by atomic mass is 10.1. The highest BCUT2D eigenvalue weighted by molar-refractivity contribution is 5.70. The van der Waals surface area contributed by atoms with E-state index in [1.807, 2.05) is 0 Å². The van der Waals surface area contributed by atoms with Gasteiger partial charge in [-0.15, -0.1) is 0 Å². The maximum atomic E-state index is 9.80. The number of para-hydroxylation sites is 2. The van der Waals surface area contributed by atoms with E-state index in [2.05, 4.69) is 76.6 Å². The minimum absolute atomic E-state index is 0.136. The fraction of sp³-hybridized carbons (Fsp3) is 0.478. The predicted octanol–water partition coefficient (Wildman–Crippen LogP) is 3.72. The van der Waals surface area contributed by atoms with Gasteiger partial charge in [0.05, 0.1) is 17.5 Å². The van der Waals surface area contributed by atoms with Crippen LogP contribution in [0.3, 0.4) is 0 Å². The Balaban J connectivity index is 1.41. The first-order valence-corrected chi connectivity index (χ1v) is 10.3. The molecule has 0 aliphatic carbocycles. The van der Waals surface area contributed by atoms with E-state index in [0.29, 0.717) is 12.1 Å². The van der Waals surface area contributed by atoms with Crippen LogP contribution in [0.5, 0.6) is 0 Å². The number of nitrogens with zero attached hydrogens (tertiary/aromatic N) is 2. The largest absolute Gasteiger partial charge is 0.393 e. The molecule has 2 aliphatic heterocycles. The first-order valence-electron chi connectivity index (χ1n) is 10.3. The van der Waals surface area contributed by atoms with Crippen molar-refractivity contribution >= 4 is 11.4 Å². The molecule has 0 amide bonds. The lowest BCUT2D eigenvalue weighted by molar-refractivity contribution is 0.145. The summed E-state index contributed by atoms with van der Waals surface area (Å²) in [5.41, 5.74) is 3.89.